The molecule has 7 nitrogen and oxygen atoms in total. The van der Waals surface area contributed by atoms with Crippen LogP contribution in [0, 0.1) is 5.82 Å². The number of halogens is 1. The van der Waals surface area contributed by atoms with E-state index in [0.717, 1.165) is 37.7 Å². The van der Waals surface area contributed by atoms with Crippen molar-refractivity contribution >= 4 is 17.8 Å². The summed E-state index contributed by atoms with van der Waals surface area (Å²) >= 11 is 0. The molecule has 2 heterocycles. The van der Waals surface area contributed by atoms with Crippen LogP contribution in [-0.2, 0) is 9.59 Å². The lowest BCUT2D eigenvalue weighted by Crippen LogP contribution is -2.39. The first-order valence-corrected chi connectivity index (χ1v) is 10.9. The number of piperidine rings is 1. The summed E-state index contributed by atoms with van der Waals surface area (Å²) in [5.41, 5.74) is 2.04. The van der Waals surface area contributed by atoms with Gasteiger partial charge in [0.25, 0.3) is 0 Å². The maximum Gasteiger partial charge on any atom is 0.223 e. The molecule has 4 rings (SSSR count). The van der Waals surface area contributed by atoms with Gasteiger partial charge in [-0.05, 0) is 43.7 Å². The highest BCUT2D eigenvalue weighted by atomic mass is 19.1. The second-order valence-corrected chi connectivity index (χ2v) is 8.45. The summed E-state index contributed by atoms with van der Waals surface area (Å²) in [4.78, 5) is 31.3. The monoisotopic (exact) mass is 425 g/mol. The number of carbonyl (C=O) groups excluding carboxylic acids is 2. The Kier molecular flexibility index (Phi) is 6.44. The fraction of sp³-hybridized carbons (Fsp3) is 0.478. The zero-order valence-corrected chi connectivity index (χ0v) is 17.7. The molecular weight excluding hydrogens is 397 g/mol. The van der Waals surface area contributed by atoms with Gasteiger partial charge in [0, 0.05) is 43.5 Å². The van der Waals surface area contributed by atoms with E-state index in [4.69, 9.17) is 0 Å². The van der Waals surface area contributed by atoms with E-state index in [2.05, 4.69) is 25.9 Å². The number of nitrogens with one attached hydrogen (secondary N) is 3. The minimum absolute atomic E-state index is 0.000701. The molecule has 1 saturated carbocycles. The van der Waals surface area contributed by atoms with Crippen molar-refractivity contribution in [3.63, 3.8) is 0 Å². The highest BCUT2D eigenvalue weighted by Gasteiger charge is 2.23. The Hall–Kier alpha value is -3.03. The number of amides is 2. The second-order valence-electron chi connectivity index (χ2n) is 8.45. The number of rotatable bonds is 5. The number of hydrogen-bond donors (Lipinski definition) is 3. The van der Waals surface area contributed by atoms with Gasteiger partial charge >= 0.3 is 0 Å². The first-order chi connectivity index (χ1) is 15.0. The summed E-state index contributed by atoms with van der Waals surface area (Å²) < 4.78 is 14.6. The summed E-state index contributed by atoms with van der Waals surface area (Å²) in [6.07, 6.45) is 6.08. The fourth-order valence-electron chi connectivity index (χ4n) is 4.45. The molecule has 2 amide bonds. The third kappa shape index (κ3) is 5.37. The van der Waals surface area contributed by atoms with Crippen LogP contribution in [0.15, 0.2) is 30.5 Å². The number of benzene rings is 1. The van der Waals surface area contributed by atoms with Crippen molar-refractivity contribution in [2.24, 2.45) is 0 Å². The largest absolute Gasteiger partial charge is 0.355 e. The Labute approximate surface area is 181 Å². The Morgan fingerprint density at radius 3 is 2.65 bits per heavy atom. The molecule has 2 fully saturated rings. The van der Waals surface area contributed by atoms with Crippen LogP contribution < -0.4 is 16.0 Å². The molecule has 1 aromatic heterocycles. The molecule has 1 aromatic carbocycles. The standard InChI is InChI=1S/C23H28FN5O2/c1-14(30)27-18-6-8-19(9-7-18)28-23-26-13-20(24)22(29-23)16-4-2-3-15(11-16)17-5-10-21(31)25-12-17/h2-4,11,13,17-19H,5-10,12H2,1H3,(H,25,31)(H,27,30)(H,26,28,29). The number of carbonyl (C=O) groups is 2. The van der Waals surface area contributed by atoms with Crippen molar-refractivity contribution in [3.05, 3.63) is 41.8 Å². The molecule has 0 radical (unpaired) electrons. The van der Waals surface area contributed by atoms with Crippen LogP contribution in [-0.4, -0.2) is 40.4 Å². The van der Waals surface area contributed by atoms with Crippen LogP contribution in [0.2, 0.25) is 0 Å². The van der Waals surface area contributed by atoms with E-state index < -0.39 is 5.82 Å². The number of hydrogen-bond acceptors (Lipinski definition) is 5. The van der Waals surface area contributed by atoms with Crippen molar-refractivity contribution in [2.75, 3.05) is 11.9 Å². The molecular formula is C23H28FN5O2. The maximum absolute atomic E-state index is 14.6. The van der Waals surface area contributed by atoms with Crippen molar-refractivity contribution < 1.29 is 14.0 Å². The molecule has 1 unspecified atom stereocenters. The van der Waals surface area contributed by atoms with Gasteiger partial charge in [-0.15, -0.1) is 0 Å². The van der Waals surface area contributed by atoms with Crippen molar-refractivity contribution in [1.82, 2.24) is 20.6 Å². The minimum atomic E-state index is -0.464. The molecule has 31 heavy (non-hydrogen) atoms. The van der Waals surface area contributed by atoms with E-state index in [1.165, 1.54) is 13.1 Å². The number of nitrogens with zero attached hydrogens (tertiary/aromatic N) is 2. The van der Waals surface area contributed by atoms with Crippen molar-refractivity contribution in [2.45, 2.75) is 63.5 Å². The van der Waals surface area contributed by atoms with Crippen LogP contribution in [0.1, 0.15) is 56.9 Å². The smallest absolute Gasteiger partial charge is 0.223 e. The second kappa shape index (κ2) is 9.41. The van der Waals surface area contributed by atoms with Crippen LogP contribution in [0.4, 0.5) is 10.3 Å². The summed E-state index contributed by atoms with van der Waals surface area (Å²) in [5.74, 6) is 0.250. The normalized spacial score (nSPS) is 23.7. The van der Waals surface area contributed by atoms with Gasteiger partial charge in [-0.2, -0.15) is 0 Å². The van der Waals surface area contributed by atoms with E-state index in [-0.39, 0.29) is 35.5 Å². The van der Waals surface area contributed by atoms with Crippen LogP contribution in [0.5, 0.6) is 0 Å². The van der Waals surface area contributed by atoms with Gasteiger partial charge in [-0.1, -0.05) is 18.2 Å². The molecule has 0 bridgehead atoms. The zero-order chi connectivity index (χ0) is 21.8. The van der Waals surface area contributed by atoms with E-state index >= 15 is 0 Å². The Balaban J connectivity index is 1.45. The molecule has 164 valence electrons. The van der Waals surface area contributed by atoms with Crippen LogP contribution >= 0.6 is 0 Å². The molecule has 0 spiro atoms. The average molecular weight is 426 g/mol. The summed E-state index contributed by atoms with van der Waals surface area (Å²) in [7, 11) is 0. The maximum atomic E-state index is 14.6. The highest BCUT2D eigenvalue weighted by Crippen LogP contribution is 2.29. The van der Waals surface area contributed by atoms with Crippen molar-refractivity contribution in [3.8, 4) is 11.3 Å². The molecule has 8 heteroatoms. The molecule has 1 atom stereocenters. The lowest BCUT2D eigenvalue weighted by atomic mass is 9.90. The van der Waals surface area contributed by atoms with E-state index in [0.29, 0.717) is 24.5 Å². The predicted molar refractivity (Wildman–Crippen MR) is 116 cm³/mol. The summed E-state index contributed by atoms with van der Waals surface area (Å²) in [5, 5.41) is 9.19. The minimum Gasteiger partial charge on any atom is -0.355 e. The third-order valence-electron chi connectivity index (χ3n) is 6.11. The van der Waals surface area contributed by atoms with Gasteiger partial charge < -0.3 is 16.0 Å². The third-order valence-corrected chi connectivity index (χ3v) is 6.11. The molecule has 1 aliphatic heterocycles. The SMILES string of the molecule is CC(=O)NC1CCC(Nc2ncc(F)c(-c3cccc(C4CCC(=O)NC4)c3)n2)CC1. The highest BCUT2D eigenvalue weighted by molar-refractivity contribution is 5.77. The topological polar surface area (TPSA) is 96.0 Å². The van der Waals surface area contributed by atoms with Gasteiger partial charge in [0.1, 0.15) is 5.69 Å². The average Bonchev–Trinajstić information content (AvgIpc) is 2.77. The summed E-state index contributed by atoms with van der Waals surface area (Å²) in [6, 6.07) is 8.12. The lowest BCUT2D eigenvalue weighted by molar-refractivity contribution is -0.122. The molecule has 3 N–H and O–H groups in total. The Morgan fingerprint density at radius 1 is 1.16 bits per heavy atom. The van der Waals surface area contributed by atoms with Crippen LogP contribution in [0.3, 0.4) is 0 Å². The lowest BCUT2D eigenvalue weighted by Gasteiger charge is -2.29. The number of aromatic nitrogens is 2. The predicted octanol–water partition coefficient (Wildman–Crippen LogP) is 3.14. The van der Waals surface area contributed by atoms with Gasteiger partial charge in [0.15, 0.2) is 5.82 Å². The first kappa shape index (κ1) is 21.2. The van der Waals surface area contributed by atoms with Crippen LogP contribution in [0.25, 0.3) is 11.3 Å². The van der Waals surface area contributed by atoms with Gasteiger partial charge in [0.05, 0.1) is 6.20 Å². The molecule has 2 aliphatic rings. The fourth-order valence-corrected chi connectivity index (χ4v) is 4.45. The quantitative estimate of drug-likeness (QED) is 0.684. The molecule has 1 saturated heterocycles. The van der Waals surface area contributed by atoms with E-state index in [1.807, 2.05) is 24.3 Å². The summed E-state index contributed by atoms with van der Waals surface area (Å²) in [6.45, 7) is 2.14. The van der Waals surface area contributed by atoms with Crippen molar-refractivity contribution in [1.29, 1.82) is 0 Å². The van der Waals surface area contributed by atoms with Gasteiger partial charge in [-0.25, -0.2) is 14.4 Å². The van der Waals surface area contributed by atoms with E-state index in [9.17, 15) is 14.0 Å². The number of anilines is 1. The van der Waals surface area contributed by atoms with Gasteiger partial charge in [-0.3, -0.25) is 9.59 Å². The Morgan fingerprint density at radius 2 is 1.94 bits per heavy atom. The zero-order valence-electron chi connectivity index (χ0n) is 17.7. The Bertz CT molecular complexity index is 949. The van der Waals surface area contributed by atoms with E-state index in [1.54, 1.807) is 0 Å². The van der Waals surface area contributed by atoms with Gasteiger partial charge in [0.2, 0.25) is 17.8 Å². The first-order valence-electron chi connectivity index (χ1n) is 10.9. The molecule has 2 aromatic rings. The molecule has 1 aliphatic carbocycles.